The second-order valence-corrected chi connectivity index (χ2v) is 5.34. The van der Waals surface area contributed by atoms with Crippen LogP contribution in [-0.2, 0) is 0 Å². The molecule has 0 aliphatic carbocycles. The highest BCUT2D eigenvalue weighted by Gasteiger charge is 2.22. The zero-order valence-electron chi connectivity index (χ0n) is 13.6. The third-order valence-corrected chi connectivity index (χ3v) is 4.22. The molecule has 0 radical (unpaired) electrons. The summed E-state index contributed by atoms with van der Waals surface area (Å²) in [5, 5.41) is 11.7. The maximum atomic E-state index is 10.7. The number of methoxy groups -OCH3 is 1. The Balaban J connectivity index is 2.51. The van der Waals surface area contributed by atoms with Crippen LogP contribution in [0.4, 0.5) is 0 Å². The first-order valence-corrected chi connectivity index (χ1v) is 7.50. The van der Waals surface area contributed by atoms with E-state index < -0.39 is 6.10 Å². The van der Waals surface area contributed by atoms with Crippen LogP contribution in [-0.4, -0.2) is 36.8 Å². The van der Waals surface area contributed by atoms with Gasteiger partial charge in [0.2, 0.25) is 0 Å². The van der Waals surface area contributed by atoms with Crippen molar-refractivity contribution in [3.8, 4) is 5.75 Å². The fraction of sp³-hybridized carbons (Fsp3) is 0.529. The van der Waals surface area contributed by atoms with Gasteiger partial charge in [-0.15, -0.1) is 0 Å². The lowest BCUT2D eigenvalue weighted by atomic mass is 10.0. The molecule has 1 N–H and O–H groups in total. The van der Waals surface area contributed by atoms with Gasteiger partial charge in [-0.05, 0) is 44.6 Å². The summed E-state index contributed by atoms with van der Waals surface area (Å²) in [6.07, 6.45) is -0.631. The van der Waals surface area contributed by atoms with Crippen molar-refractivity contribution in [2.24, 2.45) is 0 Å². The molecule has 4 nitrogen and oxygen atoms in total. The van der Waals surface area contributed by atoms with E-state index in [1.54, 1.807) is 7.11 Å². The Morgan fingerprint density at radius 3 is 2.48 bits per heavy atom. The predicted octanol–water partition coefficient (Wildman–Crippen LogP) is 3.43. The number of aryl methyl sites for hydroxylation is 2. The Labute approximate surface area is 126 Å². The van der Waals surface area contributed by atoms with E-state index in [9.17, 15) is 5.11 Å². The zero-order valence-corrected chi connectivity index (χ0v) is 13.6. The minimum Gasteiger partial charge on any atom is -0.496 e. The molecule has 0 fully saturated rings. The number of nitrogens with zero attached hydrogens (tertiary/aromatic N) is 1. The SMILES string of the molecule is CCN(CC)CC(O)c1c(OC)ccc2c(C)c(C)oc12. The van der Waals surface area contributed by atoms with E-state index in [1.165, 1.54) is 0 Å². The zero-order chi connectivity index (χ0) is 15.6. The number of aliphatic hydroxyl groups is 1. The molecule has 2 aromatic rings. The fourth-order valence-corrected chi connectivity index (χ4v) is 2.72. The Kier molecular flexibility index (Phi) is 4.91. The van der Waals surface area contributed by atoms with Crippen LogP contribution >= 0.6 is 0 Å². The van der Waals surface area contributed by atoms with Crippen molar-refractivity contribution >= 4 is 11.0 Å². The van der Waals surface area contributed by atoms with Crippen LogP contribution in [0.5, 0.6) is 5.75 Å². The van der Waals surface area contributed by atoms with Crippen LogP contribution in [0.25, 0.3) is 11.0 Å². The highest BCUT2D eigenvalue weighted by Crippen LogP contribution is 2.37. The number of benzene rings is 1. The molecule has 0 saturated carbocycles. The Bertz CT molecular complexity index is 614. The van der Waals surface area contributed by atoms with Gasteiger partial charge in [-0.3, -0.25) is 0 Å². The number of ether oxygens (including phenoxy) is 1. The van der Waals surface area contributed by atoms with Crippen LogP contribution in [0.3, 0.4) is 0 Å². The van der Waals surface area contributed by atoms with Gasteiger partial charge in [0.15, 0.2) is 0 Å². The summed E-state index contributed by atoms with van der Waals surface area (Å²) >= 11 is 0. The molecule has 0 saturated heterocycles. The standard InChI is InChI=1S/C17H25NO3/c1-6-18(7-2)10-14(19)16-15(20-5)9-8-13-11(3)12(4)21-17(13)16/h8-9,14,19H,6-7,10H2,1-5H3. The van der Waals surface area contributed by atoms with Gasteiger partial charge in [0.05, 0.1) is 18.8 Å². The van der Waals surface area contributed by atoms with Crippen molar-refractivity contribution < 1.29 is 14.3 Å². The average Bonchev–Trinajstić information content (AvgIpc) is 2.78. The van der Waals surface area contributed by atoms with Crippen molar-refractivity contribution in [1.29, 1.82) is 0 Å². The molecule has 116 valence electrons. The number of likely N-dealkylation sites (N-methyl/N-ethyl adjacent to an activating group) is 1. The lowest BCUT2D eigenvalue weighted by Crippen LogP contribution is -2.28. The summed E-state index contributed by atoms with van der Waals surface area (Å²) < 4.78 is 11.3. The van der Waals surface area contributed by atoms with E-state index in [4.69, 9.17) is 9.15 Å². The van der Waals surface area contributed by atoms with Crippen molar-refractivity contribution in [3.05, 3.63) is 29.0 Å². The number of fused-ring (bicyclic) bond motifs is 1. The first-order chi connectivity index (χ1) is 10.0. The molecule has 1 unspecified atom stereocenters. The highest BCUT2D eigenvalue weighted by atomic mass is 16.5. The fourth-order valence-electron chi connectivity index (χ4n) is 2.72. The van der Waals surface area contributed by atoms with Crippen molar-refractivity contribution in [2.75, 3.05) is 26.7 Å². The molecule has 1 aromatic carbocycles. The summed E-state index contributed by atoms with van der Waals surface area (Å²) in [6, 6.07) is 3.90. The van der Waals surface area contributed by atoms with Crippen molar-refractivity contribution in [2.45, 2.75) is 33.8 Å². The quantitative estimate of drug-likeness (QED) is 0.885. The van der Waals surface area contributed by atoms with Crippen LogP contribution in [0.2, 0.25) is 0 Å². The summed E-state index contributed by atoms with van der Waals surface area (Å²) in [4.78, 5) is 2.19. The van der Waals surface area contributed by atoms with Crippen LogP contribution in [0, 0.1) is 13.8 Å². The summed E-state index contributed by atoms with van der Waals surface area (Å²) in [6.45, 7) is 10.5. The molecule has 0 bridgehead atoms. The Morgan fingerprint density at radius 1 is 1.24 bits per heavy atom. The largest absolute Gasteiger partial charge is 0.496 e. The normalized spacial score (nSPS) is 13.1. The van der Waals surface area contributed by atoms with Crippen LogP contribution in [0.1, 0.15) is 36.8 Å². The molecule has 0 amide bonds. The molecule has 2 rings (SSSR count). The second kappa shape index (κ2) is 6.50. The van der Waals surface area contributed by atoms with E-state index in [0.29, 0.717) is 12.3 Å². The first kappa shape index (κ1) is 15.9. The molecule has 0 aliphatic rings. The van der Waals surface area contributed by atoms with Crippen molar-refractivity contribution in [3.63, 3.8) is 0 Å². The molecular formula is C17H25NO3. The molecule has 1 aromatic heterocycles. The highest BCUT2D eigenvalue weighted by molar-refractivity contribution is 5.87. The van der Waals surface area contributed by atoms with Crippen molar-refractivity contribution in [1.82, 2.24) is 4.90 Å². The third kappa shape index (κ3) is 2.92. The average molecular weight is 291 g/mol. The minimum atomic E-state index is -0.631. The Morgan fingerprint density at radius 2 is 1.90 bits per heavy atom. The van der Waals surface area contributed by atoms with Gasteiger partial charge in [0.1, 0.15) is 17.1 Å². The smallest absolute Gasteiger partial charge is 0.144 e. The summed E-state index contributed by atoms with van der Waals surface area (Å²) in [5.41, 5.74) is 2.60. The predicted molar refractivity (Wildman–Crippen MR) is 85.0 cm³/mol. The van der Waals surface area contributed by atoms with E-state index in [0.717, 1.165) is 40.9 Å². The van der Waals surface area contributed by atoms with E-state index >= 15 is 0 Å². The van der Waals surface area contributed by atoms with Gasteiger partial charge in [-0.1, -0.05) is 13.8 Å². The maximum Gasteiger partial charge on any atom is 0.144 e. The topological polar surface area (TPSA) is 45.8 Å². The number of hydrogen-bond donors (Lipinski definition) is 1. The summed E-state index contributed by atoms with van der Waals surface area (Å²) in [7, 11) is 1.62. The van der Waals surface area contributed by atoms with Crippen LogP contribution < -0.4 is 4.74 Å². The number of hydrogen-bond acceptors (Lipinski definition) is 4. The molecule has 1 atom stereocenters. The molecule has 0 spiro atoms. The van der Waals surface area contributed by atoms with Crippen LogP contribution in [0.15, 0.2) is 16.5 Å². The number of furan rings is 1. The molecular weight excluding hydrogens is 266 g/mol. The monoisotopic (exact) mass is 291 g/mol. The van der Waals surface area contributed by atoms with Gasteiger partial charge in [0.25, 0.3) is 0 Å². The lowest BCUT2D eigenvalue weighted by molar-refractivity contribution is 0.117. The van der Waals surface area contributed by atoms with Gasteiger partial charge in [0, 0.05) is 11.9 Å². The molecule has 0 aliphatic heterocycles. The van der Waals surface area contributed by atoms with E-state index in [-0.39, 0.29) is 0 Å². The molecule has 1 heterocycles. The van der Waals surface area contributed by atoms with E-state index in [2.05, 4.69) is 18.7 Å². The first-order valence-electron chi connectivity index (χ1n) is 7.50. The van der Waals surface area contributed by atoms with Gasteiger partial charge in [-0.2, -0.15) is 0 Å². The van der Waals surface area contributed by atoms with Gasteiger partial charge in [-0.25, -0.2) is 0 Å². The summed E-state index contributed by atoms with van der Waals surface area (Å²) in [5.74, 6) is 1.56. The Hall–Kier alpha value is -1.52. The van der Waals surface area contributed by atoms with E-state index in [1.807, 2.05) is 26.0 Å². The van der Waals surface area contributed by atoms with Gasteiger partial charge >= 0.3 is 0 Å². The number of rotatable bonds is 6. The second-order valence-electron chi connectivity index (χ2n) is 5.34. The molecule has 21 heavy (non-hydrogen) atoms. The molecule has 4 heteroatoms. The maximum absolute atomic E-state index is 10.7. The van der Waals surface area contributed by atoms with Gasteiger partial charge < -0.3 is 19.2 Å². The number of aliphatic hydroxyl groups excluding tert-OH is 1. The minimum absolute atomic E-state index is 0.571. The lowest BCUT2D eigenvalue weighted by Gasteiger charge is -2.23. The third-order valence-electron chi connectivity index (χ3n) is 4.22.